The lowest BCUT2D eigenvalue weighted by atomic mass is 9.72. The molecule has 0 saturated heterocycles. The maximum absolute atomic E-state index is 11.4. The molecule has 2 aliphatic carbocycles. The van der Waals surface area contributed by atoms with Crippen LogP contribution >= 0.6 is 0 Å². The van der Waals surface area contributed by atoms with Gasteiger partial charge in [0.15, 0.2) is 0 Å². The second-order valence-corrected chi connectivity index (χ2v) is 9.81. The van der Waals surface area contributed by atoms with E-state index in [1.807, 2.05) is 30.3 Å². The summed E-state index contributed by atoms with van der Waals surface area (Å²) in [6.07, 6.45) is 4.61. The Labute approximate surface area is 215 Å². The Morgan fingerprint density at radius 3 is 2.30 bits per heavy atom. The number of hydrogen-bond donors (Lipinski definition) is 4. The van der Waals surface area contributed by atoms with Crippen LogP contribution in [0.4, 0.5) is 0 Å². The molecule has 0 heterocycles. The van der Waals surface area contributed by atoms with Crippen LogP contribution in [0, 0.1) is 0 Å². The maximum atomic E-state index is 11.4. The van der Waals surface area contributed by atoms with Crippen molar-refractivity contribution in [2.75, 3.05) is 0 Å². The molecule has 0 saturated carbocycles. The molecule has 0 aliphatic heterocycles. The molecule has 0 aromatic heterocycles. The third-order valence-electron chi connectivity index (χ3n) is 7.54. The number of phenols is 2. The van der Waals surface area contributed by atoms with Crippen LogP contribution in [0.15, 0.2) is 120 Å². The number of hydrogen-bond acceptors (Lipinski definition) is 4. The molecule has 2 atom stereocenters. The zero-order valence-corrected chi connectivity index (χ0v) is 20.3. The monoisotopic (exact) mass is 488 g/mol. The second kappa shape index (κ2) is 9.30. The SMILES string of the molecule is OC1=CC2=CCC(O)C(C(c3ccc(-c4ccccc4)cc3)c3c(O)ccc4cc(O)ccc34)=C2CC1. The Hall–Kier alpha value is -4.28. The molecule has 37 heavy (non-hydrogen) atoms. The summed E-state index contributed by atoms with van der Waals surface area (Å²) in [5, 5.41) is 44.6. The highest BCUT2D eigenvalue weighted by Gasteiger charge is 2.34. The van der Waals surface area contributed by atoms with Crippen molar-refractivity contribution in [1.82, 2.24) is 0 Å². The van der Waals surface area contributed by atoms with Gasteiger partial charge in [-0.2, -0.15) is 0 Å². The summed E-state index contributed by atoms with van der Waals surface area (Å²) in [4.78, 5) is 0. The van der Waals surface area contributed by atoms with Crippen molar-refractivity contribution in [3.8, 4) is 22.6 Å². The van der Waals surface area contributed by atoms with Crippen molar-refractivity contribution in [3.63, 3.8) is 0 Å². The number of rotatable bonds is 4. The Kier molecular flexibility index (Phi) is 5.82. The normalized spacial score (nSPS) is 18.2. The van der Waals surface area contributed by atoms with Crippen LogP contribution in [0.25, 0.3) is 21.9 Å². The van der Waals surface area contributed by atoms with Gasteiger partial charge in [-0.3, -0.25) is 0 Å². The molecule has 0 amide bonds. The van der Waals surface area contributed by atoms with Crippen LogP contribution in [-0.2, 0) is 0 Å². The van der Waals surface area contributed by atoms with E-state index < -0.39 is 12.0 Å². The van der Waals surface area contributed by atoms with E-state index in [1.54, 1.807) is 30.3 Å². The zero-order valence-electron chi connectivity index (χ0n) is 20.3. The van der Waals surface area contributed by atoms with E-state index in [-0.39, 0.29) is 11.5 Å². The van der Waals surface area contributed by atoms with Crippen LogP contribution in [0.3, 0.4) is 0 Å². The van der Waals surface area contributed by atoms with Crippen LogP contribution in [-0.4, -0.2) is 26.5 Å². The Balaban J connectivity index is 1.60. The van der Waals surface area contributed by atoms with Crippen LogP contribution in [0.5, 0.6) is 11.5 Å². The highest BCUT2D eigenvalue weighted by Crippen LogP contribution is 2.48. The van der Waals surface area contributed by atoms with Crippen LogP contribution in [0.2, 0.25) is 0 Å². The Morgan fingerprint density at radius 2 is 1.51 bits per heavy atom. The molecule has 4 N–H and O–H groups in total. The Morgan fingerprint density at radius 1 is 0.757 bits per heavy atom. The van der Waals surface area contributed by atoms with E-state index in [1.165, 1.54) is 0 Å². The number of phenolic OH excluding ortho intramolecular Hbond substituents is 2. The molecule has 4 heteroatoms. The van der Waals surface area contributed by atoms with Gasteiger partial charge in [-0.05, 0) is 81.3 Å². The molecule has 0 spiro atoms. The van der Waals surface area contributed by atoms with E-state index in [4.69, 9.17) is 0 Å². The highest BCUT2D eigenvalue weighted by atomic mass is 16.3. The van der Waals surface area contributed by atoms with E-state index in [2.05, 4.69) is 36.4 Å². The van der Waals surface area contributed by atoms with E-state index in [9.17, 15) is 20.4 Å². The van der Waals surface area contributed by atoms with Crippen molar-refractivity contribution >= 4 is 10.8 Å². The van der Waals surface area contributed by atoms with Crippen molar-refractivity contribution < 1.29 is 20.4 Å². The van der Waals surface area contributed by atoms with Crippen LogP contribution in [0.1, 0.15) is 36.3 Å². The molecule has 6 rings (SSSR count). The number of benzene rings is 4. The minimum absolute atomic E-state index is 0.140. The topological polar surface area (TPSA) is 80.9 Å². The zero-order chi connectivity index (χ0) is 25.5. The lowest BCUT2D eigenvalue weighted by Gasteiger charge is -2.34. The van der Waals surface area contributed by atoms with Gasteiger partial charge in [0, 0.05) is 17.9 Å². The number of allylic oxidation sites excluding steroid dienone is 4. The summed E-state index contributed by atoms with van der Waals surface area (Å²) in [7, 11) is 0. The van der Waals surface area contributed by atoms with Gasteiger partial charge in [-0.25, -0.2) is 0 Å². The predicted molar refractivity (Wildman–Crippen MR) is 147 cm³/mol. The summed E-state index contributed by atoms with van der Waals surface area (Å²) < 4.78 is 0. The van der Waals surface area contributed by atoms with Crippen molar-refractivity contribution in [2.45, 2.75) is 31.3 Å². The minimum atomic E-state index is -0.724. The highest BCUT2D eigenvalue weighted by molar-refractivity contribution is 5.90. The number of aliphatic hydroxyl groups excluding tert-OH is 2. The molecule has 4 aromatic carbocycles. The molecular formula is C33H28O4. The van der Waals surface area contributed by atoms with Gasteiger partial charge in [0.1, 0.15) is 11.5 Å². The molecule has 184 valence electrons. The molecule has 0 bridgehead atoms. The van der Waals surface area contributed by atoms with Gasteiger partial charge in [0.25, 0.3) is 0 Å². The van der Waals surface area contributed by atoms with Gasteiger partial charge in [0.05, 0.1) is 11.9 Å². The molecular weight excluding hydrogens is 460 g/mol. The van der Waals surface area contributed by atoms with E-state index in [0.29, 0.717) is 30.6 Å². The molecule has 4 aromatic rings. The maximum Gasteiger partial charge on any atom is 0.120 e. The fourth-order valence-electron chi connectivity index (χ4n) is 5.80. The van der Waals surface area contributed by atoms with Gasteiger partial charge >= 0.3 is 0 Å². The molecule has 2 unspecified atom stereocenters. The van der Waals surface area contributed by atoms with E-state index in [0.717, 1.165) is 44.2 Å². The first-order chi connectivity index (χ1) is 18.0. The number of aliphatic hydroxyl groups is 2. The Bertz CT molecular complexity index is 1580. The van der Waals surface area contributed by atoms with Crippen molar-refractivity contribution in [3.05, 3.63) is 131 Å². The average Bonchev–Trinajstić information content (AvgIpc) is 2.92. The van der Waals surface area contributed by atoms with Crippen molar-refractivity contribution in [1.29, 1.82) is 0 Å². The first kappa shape index (κ1) is 23.1. The van der Waals surface area contributed by atoms with E-state index >= 15 is 0 Å². The molecule has 0 radical (unpaired) electrons. The van der Waals surface area contributed by atoms with Crippen LogP contribution < -0.4 is 0 Å². The lowest BCUT2D eigenvalue weighted by molar-refractivity contribution is 0.204. The summed E-state index contributed by atoms with van der Waals surface area (Å²) in [5.41, 5.74) is 6.67. The molecule has 2 aliphatic rings. The summed E-state index contributed by atoms with van der Waals surface area (Å²) >= 11 is 0. The smallest absolute Gasteiger partial charge is 0.120 e. The van der Waals surface area contributed by atoms with Crippen molar-refractivity contribution in [2.24, 2.45) is 0 Å². The number of fused-ring (bicyclic) bond motifs is 2. The minimum Gasteiger partial charge on any atom is -0.512 e. The van der Waals surface area contributed by atoms with Gasteiger partial charge in [-0.15, -0.1) is 0 Å². The summed E-state index contributed by atoms with van der Waals surface area (Å²) in [6, 6.07) is 27.1. The number of aromatic hydroxyl groups is 2. The molecule has 4 nitrogen and oxygen atoms in total. The first-order valence-electron chi connectivity index (χ1n) is 12.6. The van der Waals surface area contributed by atoms with Gasteiger partial charge in [0.2, 0.25) is 0 Å². The third kappa shape index (κ3) is 4.20. The quantitative estimate of drug-likeness (QED) is 0.243. The van der Waals surface area contributed by atoms with Gasteiger partial charge in [-0.1, -0.05) is 72.8 Å². The fourth-order valence-corrected chi connectivity index (χ4v) is 5.80. The summed E-state index contributed by atoms with van der Waals surface area (Å²) in [6.45, 7) is 0. The lowest BCUT2D eigenvalue weighted by Crippen LogP contribution is -2.24. The summed E-state index contributed by atoms with van der Waals surface area (Å²) in [5.74, 6) is 0.227. The standard InChI is InChI=1S/C33H28O4/c34-25-12-14-27-23(18-25)10-16-29(36)32(27)31(22-8-6-21(7-9-22)20-4-2-1-3-5-20)33-28-15-13-26(35)19-24(28)11-17-30(33)37/h1-12,14,16,18-19,30-31,34-37H,13,15,17H2. The molecule has 0 fully saturated rings. The largest absolute Gasteiger partial charge is 0.512 e. The average molecular weight is 489 g/mol. The second-order valence-electron chi connectivity index (χ2n) is 9.81. The predicted octanol–water partition coefficient (Wildman–Crippen LogP) is 7.27. The third-order valence-corrected chi connectivity index (χ3v) is 7.54. The van der Waals surface area contributed by atoms with Gasteiger partial charge < -0.3 is 20.4 Å². The fraction of sp³-hybridized carbons (Fsp3) is 0.152. The first-order valence-corrected chi connectivity index (χ1v) is 12.6.